The zero-order valence-corrected chi connectivity index (χ0v) is 15.1. The summed E-state index contributed by atoms with van der Waals surface area (Å²) in [7, 11) is 0. The van der Waals surface area contributed by atoms with E-state index >= 15 is 0 Å². The summed E-state index contributed by atoms with van der Waals surface area (Å²) in [6.07, 6.45) is 11.8. The van der Waals surface area contributed by atoms with Crippen molar-refractivity contribution in [1.82, 2.24) is 0 Å². The Morgan fingerprint density at radius 2 is 1.50 bits per heavy atom. The van der Waals surface area contributed by atoms with Crippen LogP contribution in [0.15, 0.2) is 54.6 Å². The van der Waals surface area contributed by atoms with Crippen molar-refractivity contribution < 1.29 is 4.74 Å². The highest BCUT2D eigenvalue weighted by atomic mass is 16.5. The quantitative estimate of drug-likeness (QED) is 0.436. The molecule has 1 heteroatoms. The maximum Gasteiger partial charge on any atom is 0.119 e. The molecule has 0 aliphatic rings. The van der Waals surface area contributed by atoms with Gasteiger partial charge in [-0.3, -0.25) is 0 Å². The van der Waals surface area contributed by atoms with Crippen molar-refractivity contribution in [1.29, 1.82) is 0 Å². The molecule has 128 valence electrons. The minimum absolute atomic E-state index is 0.624. The van der Waals surface area contributed by atoms with Crippen LogP contribution in [0.3, 0.4) is 0 Å². The molecule has 2 aromatic carbocycles. The average Bonchev–Trinajstić information content (AvgIpc) is 2.62. The molecule has 0 unspecified atom stereocenters. The molecule has 0 heterocycles. The van der Waals surface area contributed by atoms with Crippen LogP contribution in [0.1, 0.15) is 62.6 Å². The number of aryl methyl sites for hydroxylation is 1. The summed E-state index contributed by atoms with van der Waals surface area (Å²) in [6, 6.07) is 17.1. The Kier molecular flexibility index (Phi) is 8.17. The summed E-state index contributed by atoms with van der Waals surface area (Å²) in [5.41, 5.74) is 3.86. The molecule has 0 aromatic heterocycles. The Morgan fingerprint density at radius 1 is 0.792 bits per heavy atom. The van der Waals surface area contributed by atoms with Crippen molar-refractivity contribution in [3.63, 3.8) is 0 Å². The lowest BCUT2D eigenvalue weighted by atomic mass is 10.1. The predicted octanol–water partition coefficient (Wildman–Crippen LogP) is 6.81. The lowest BCUT2D eigenvalue weighted by Crippen LogP contribution is -1.95. The van der Waals surface area contributed by atoms with Crippen LogP contribution in [0.4, 0.5) is 0 Å². The minimum atomic E-state index is 0.624. The number of hydrogen-bond acceptors (Lipinski definition) is 1. The maximum absolute atomic E-state index is 5.88. The van der Waals surface area contributed by atoms with E-state index < -0.39 is 0 Å². The molecule has 2 aromatic rings. The molecule has 0 aliphatic heterocycles. The summed E-state index contributed by atoms with van der Waals surface area (Å²) in [4.78, 5) is 0. The number of allylic oxidation sites excluding steroid dienone is 1. The molecule has 0 N–H and O–H groups in total. The van der Waals surface area contributed by atoms with Crippen LogP contribution < -0.4 is 4.74 Å². The normalized spacial score (nSPS) is 11.1. The molecule has 0 radical (unpaired) electrons. The highest BCUT2D eigenvalue weighted by molar-refractivity contribution is 5.50. The molecule has 0 bridgehead atoms. The summed E-state index contributed by atoms with van der Waals surface area (Å²) in [5, 5.41) is 0. The van der Waals surface area contributed by atoms with Gasteiger partial charge in [0.2, 0.25) is 0 Å². The van der Waals surface area contributed by atoms with Crippen molar-refractivity contribution in [2.45, 2.75) is 59.0 Å². The Labute approximate surface area is 147 Å². The summed E-state index contributed by atoms with van der Waals surface area (Å²) < 4.78 is 5.88. The van der Waals surface area contributed by atoms with E-state index in [1.807, 2.05) is 0 Å². The van der Waals surface area contributed by atoms with Crippen LogP contribution in [0.25, 0.3) is 6.08 Å². The summed E-state index contributed by atoms with van der Waals surface area (Å²) in [6.45, 7) is 5.07. The predicted molar refractivity (Wildman–Crippen MR) is 104 cm³/mol. The van der Waals surface area contributed by atoms with Crippen molar-refractivity contribution in [2.24, 2.45) is 0 Å². The summed E-state index contributed by atoms with van der Waals surface area (Å²) >= 11 is 0. The third-order valence-electron chi connectivity index (χ3n) is 4.13. The largest absolute Gasteiger partial charge is 0.489 e. The van der Waals surface area contributed by atoms with Gasteiger partial charge in [0.05, 0.1) is 0 Å². The average molecular weight is 322 g/mol. The Morgan fingerprint density at radius 3 is 2.17 bits per heavy atom. The van der Waals surface area contributed by atoms with Crippen LogP contribution in [-0.4, -0.2) is 0 Å². The van der Waals surface area contributed by atoms with Gasteiger partial charge in [-0.1, -0.05) is 81.7 Å². The highest BCUT2D eigenvalue weighted by Crippen LogP contribution is 2.16. The molecule has 0 saturated carbocycles. The molecule has 0 aliphatic carbocycles. The Balaban J connectivity index is 1.78. The Bertz CT molecular complexity index is 593. The molecular weight excluding hydrogens is 292 g/mol. The lowest BCUT2D eigenvalue weighted by Gasteiger charge is -2.07. The van der Waals surface area contributed by atoms with E-state index in [0.29, 0.717) is 6.61 Å². The van der Waals surface area contributed by atoms with Crippen LogP contribution >= 0.6 is 0 Å². The fraction of sp³-hybridized carbons (Fsp3) is 0.391. The topological polar surface area (TPSA) is 9.23 Å². The van der Waals surface area contributed by atoms with Crippen molar-refractivity contribution >= 4 is 6.08 Å². The van der Waals surface area contributed by atoms with E-state index in [0.717, 1.165) is 12.2 Å². The van der Waals surface area contributed by atoms with Gasteiger partial charge in [0.15, 0.2) is 0 Å². The molecule has 0 atom stereocenters. The van der Waals surface area contributed by atoms with E-state index in [9.17, 15) is 0 Å². The maximum atomic E-state index is 5.88. The van der Waals surface area contributed by atoms with Crippen LogP contribution in [0.2, 0.25) is 0 Å². The smallest absolute Gasteiger partial charge is 0.119 e. The SMILES string of the molecule is CCCCC/C=C/c1ccc(OCc2ccc(CCC)cc2)cc1. The van der Waals surface area contributed by atoms with Gasteiger partial charge in [0.25, 0.3) is 0 Å². The van der Waals surface area contributed by atoms with E-state index in [1.165, 1.54) is 48.8 Å². The molecule has 24 heavy (non-hydrogen) atoms. The first kappa shape index (κ1) is 18.3. The van der Waals surface area contributed by atoms with Crippen LogP contribution in [-0.2, 0) is 13.0 Å². The van der Waals surface area contributed by atoms with Gasteiger partial charge in [-0.25, -0.2) is 0 Å². The van der Waals surface area contributed by atoms with E-state index in [1.54, 1.807) is 0 Å². The highest BCUT2D eigenvalue weighted by Gasteiger charge is 1.97. The number of rotatable bonds is 10. The lowest BCUT2D eigenvalue weighted by molar-refractivity contribution is 0.306. The molecule has 1 nitrogen and oxygen atoms in total. The molecule has 0 fully saturated rings. The first-order chi connectivity index (χ1) is 11.8. The Hall–Kier alpha value is -2.02. The minimum Gasteiger partial charge on any atom is -0.489 e. The second-order valence-electron chi connectivity index (χ2n) is 6.32. The molecule has 0 amide bonds. The second-order valence-corrected chi connectivity index (χ2v) is 6.32. The first-order valence-corrected chi connectivity index (χ1v) is 9.29. The van der Waals surface area contributed by atoms with E-state index in [4.69, 9.17) is 4.74 Å². The van der Waals surface area contributed by atoms with Crippen molar-refractivity contribution in [3.05, 3.63) is 71.3 Å². The fourth-order valence-corrected chi connectivity index (χ4v) is 2.66. The second kappa shape index (κ2) is 10.7. The third-order valence-corrected chi connectivity index (χ3v) is 4.13. The number of ether oxygens (including phenoxy) is 1. The third kappa shape index (κ3) is 6.62. The van der Waals surface area contributed by atoms with Gasteiger partial charge in [0, 0.05) is 0 Å². The van der Waals surface area contributed by atoms with Gasteiger partial charge in [-0.05, 0) is 48.1 Å². The number of unbranched alkanes of at least 4 members (excludes halogenated alkanes) is 3. The fourth-order valence-electron chi connectivity index (χ4n) is 2.66. The van der Waals surface area contributed by atoms with Gasteiger partial charge in [-0.2, -0.15) is 0 Å². The van der Waals surface area contributed by atoms with Crippen molar-refractivity contribution in [3.8, 4) is 5.75 Å². The number of hydrogen-bond donors (Lipinski definition) is 0. The number of benzene rings is 2. The first-order valence-electron chi connectivity index (χ1n) is 9.29. The standard InChI is InChI=1S/C23H30O/c1-3-5-6-7-8-10-21-15-17-23(18-16-21)24-19-22-13-11-20(9-4-2)12-14-22/h8,10-18H,3-7,9,19H2,1-2H3/b10-8+. The molecular formula is C23H30O. The van der Waals surface area contributed by atoms with Gasteiger partial charge >= 0.3 is 0 Å². The zero-order chi connectivity index (χ0) is 17.0. The molecule has 0 spiro atoms. The van der Waals surface area contributed by atoms with Crippen LogP contribution in [0, 0.1) is 0 Å². The molecule has 2 rings (SSSR count). The van der Waals surface area contributed by atoms with Gasteiger partial charge in [-0.15, -0.1) is 0 Å². The van der Waals surface area contributed by atoms with Gasteiger partial charge < -0.3 is 4.74 Å². The monoisotopic (exact) mass is 322 g/mol. The van der Waals surface area contributed by atoms with Crippen LogP contribution in [0.5, 0.6) is 5.75 Å². The summed E-state index contributed by atoms with van der Waals surface area (Å²) in [5.74, 6) is 0.927. The van der Waals surface area contributed by atoms with E-state index in [2.05, 4.69) is 74.5 Å². The van der Waals surface area contributed by atoms with Crippen molar-refractivity contribution in [2.75, 3.05) is 0 Å². The van der Waals surface area contributed by atoms with E-state index in [-0.39, 0.29) is 0 Å². The zero-order valence-electron chi connectivity index (χ0n) is 15.1. The van der Waals surface area contributed by atoms with Gasteiger partial charge in [0.1, 0.15) is 12.4 Å². The molecule has 0 saturated heterocycles.